The van der Waals surface area contributed by atoms with Crippen LogP contribution in [-0.4, -0.2) is 17.7 Å². The van der Waals surface area contributed by atoms with Crippen LogP contribution in [0.25, 0.3) is 0 Å². The van der Waals surface area contributed by atoms with Gasteiger partial charge in [-0.25, -0.2) is 0 Å². The van der Waals surface area contributed by atoms with Gasteiger partial charge in [-0.3, -0.25) is 14.4 Å². The zero-order valence-electron chi connectivity index (χ0n) is 16.5. The van der Waals surface area contributed by atoms with Crippen LogP contribution in [0.5, 0.6) is 0 Å². The zero-order valence-corrected chi connectivity index (χ0v) is 16.5. The van der Waals surface area contributed by atoms with Gasteiger partial charge in [-0.2, -0.15) is 0 Å². The Balaban J connectivity index is 2.02. The molecule has 2 rings (SSSR count). The first-order chi connectivity index (χ1) is 13.3. The molecule has 0 aliphatic heterocycles. The molecule has 1 unspecified atom stereocenters. The van der Waals surface area contributed by atoms with Crippen molar-refractivity contribution in [2.45, 2.75) is 39.7 Å². The Morgan fingerprint density at radius 2 is 1.46 bits per heavy atom. The molecule has 0 radical (unpaired) electrons. The Labute approximate surface area is 165 Å². The molecule has 0 fully saturated rings. The lowest BCUT2D eigenvalue weighted by Crippen LogP contribution is -2.39. The maximum absolute atomic E-state index is 12.4. The smallest absolute Gasteiger partial charge is 0.313 e. The van der Waals surface area contributed by atoms with Gasteiger partial charge in [0.2, 0.25) is 5.91 Å². The molecule has 0 aromatic heterocycles. The Bertz CT molecular complexity index is 827. The fourth-order valence-corrected chi connectivity index (χ4v) is 2.90. The van der Waals surface area contributed by atoms with E-state index in [1.165, 1.54) is 5.56 Å². The number of anilines is 1. The van der Waals surface area contributed by atoms with Crippen molar-refractivity contribution in [3.63, 3.8) is 0 Å². The molecule has 2 aromatic carbocycles. The van der Waals surface area contributed by atoms with E-state index in [2.05, 4.69) is 17.6 Å². The van der Waals surface area contributed by atoms with Gasteiger partial charge in [-0.1, -0.05) is 57.2 Å². The second-order valence-electron chi connectivity index (χ2n) is 7.08. The molecule has 148 valence electrons. The minimum absolute atomic E-state index is 0.123. The molecule has 4 N–H and O–H groups in total. The number of nitrogens with one attached hydrogen (secondary N) is 2. The molecule has 0 heterocycles. The van der Waals surface area contributed by atoms with Crippen LogP contribution in [0.1, 0.15) is 43.5 Å². The van der Waals surface area contributed by atoms with Gasteiger partial charge in [0.1, 0.15) is 0 Å². The van der Waals surface area contributed by atoms with Crippen molar-refractivity contribution in [3.8, 4) is 0 Å². The van der Waals surface area contributed by atoms with Crippen molar-refractivity contribution < 1.29 is 14.4 Å². The van der Waals surface area contributed by atoms with E-state index in [4.69, 9.17) is 5.73 Å². The predicted molar refractivity (Wildman–Crippen MR) is 110 cm³/mol. The molecule has 0 aliphatic rings. The summed E-state index contributed by atoms with van der Waals surface area (Å²) in [7, 11) is 0. The second kappa shape index (κ2) is 9.69. The largest absolute Gasteiger partial charge is 0.369 e. The van der Waals surface area contributed by atoms with Crippen LogP contribution < -0.4 is 16.4 Å². The third-order valence-corrected chi connectivity index (χ3v) is 4.50. The monoisotopic (exact) mass is 381 g/mol. The molecule has 0 saturated heterocycles. The quantitative estimate of drug-likeness (QED) is 0.643. The van der Waals surface area contributed by atoms with E-state index < -0.39 is 17.7 Å². The highest BCUT2D eigenvalue weighted by molar-refractivity contribution is 6.39. The number of hydrogen-bond acceptors (Lipinski definition) is 3. The van der Waals surface area contributed by atoms with E-state index in [-0.39, 0.29) is 18.4 Å². The number of primary amides is 1. The molecule has 0 saturated carbocycles. The zero-order chi connectivity index (χ0) is 20.7. The maximum Gasteiger partial charge on any atom is 0.313 e. The van der Waals surface area contributed by atoms with Gasteiger partial charge in [-0.05, 0) is 41.2 Å². The number of hydrogen-bond donors (Lipinski definition) is 3. The van der Waals surface area contributed by atoms with Crippen molar-refractivity contribution in [1.82, 2.24) is 5.32 Å². The molecule has 28 heavy (non-hydrogen) atoms. The first kappa shape index (κ1) is 21.2. The summed E-state index contributed by atoms with van der Waals surface area (Å²) >= 11 is 0. The first-order valence-corrected chi connectivity index (χ1v) is 9.38. The fourth-order valence-electron chi connectivity index (χ4n) is 2.90. The number of aryl methyl sites for hydroxylation is 1. The molecule has 3 amide bonds. The Morgan fingerprint density at radius 3 is 1.96 bits per heavy atom. The van der Waals surface area contributed by atoms with E-state index in [9.17, 15) is 14.4 Å². The topological polar surface area (TPSA) is 101 Å². The Hall–Kier alpha value is -3.15. The summed E-state index contributed by atoms with van der Waals surface area (Å²) in [4.78, 5) is 35.6. The standard InChI is InChI=1S/C22H27N3O3/c1-4-15-5-9-17(10-6-15)20(14(2)3)25-22(28)21(27)24-18-11-7-16(8-12-18)13-19(23)26/h5-12,14,20H,4,13H2,1-3H3,(H2,23,26)(H,24,27)(H,25,28). The lowest BCUT2D eigenvalue weighted by Gasteiger charge is -2.23. The summed E-state index contributed by atoms with van der Waals surface area (Å²) in [5, 5.41) is 5.38. The third-order valence-electron chi connectivity index (χ3n) is 4.50. The van der Waals surface area contributed by atoms with Gasteiger partial charge in [0.05, 0.1) is 12.5 Å². The molecule has 1 atom stereocenters. The third kappa shape index (κ3) is 5.94. The number of rotatable bonds is 7. The Kier molecular flexibility index (Phi) is 7.32. The average molecular weight is 381 g/mol. The summed E-state index contributed by atoms with van der Waals surface area (Å²) in [6, 6.07) is 14.4. The lowest BCUT2D eigenvalue weighted by molar-refractivity contribution is -0.136. The van der Waals surface area contributed by atoms with Crippen LogP contribution in [0.4, 0.5) is 5.69 Å². The molecule has 6 heteroatoms. The van der Waals surface area contributed by atoms with Crippen LogP contribution in [0.2, 0.25) is 0 Å². The highest BCUT2D eigenvalue weighted by Gasteiger charge is 2.22. The highest BCUT2D eigenvalue weighted by Crippen LogP contribution is 2.22. The SMILES string of the molecule is CCc1ccc(C(NC(=O)C(=O)Nc2ccc(CC(N)=O)cc2)C(C)C)cc1. The van der Waals surface area contributed by atoms with E-state index in [0.717, 1.165) is 17.5 Å². The fraction of sp³-hybridized carbons (Fsp3) is 0.318. The maximum atomic E-state index is 12.4. The highest BCUT2D eigenvalue weighted by atomic mass is 16.2. The molecule has 0 spiro atoms. The van der Waals surface area contributed by atoms with Gasteiger partial charge in [0.15, 0.2) is 0 Å². The minimum atomic E-state index is -0.738. The molecule has 2 aromatic rings. The van der Waals surface area contributed by atoms with E-state index in [1.807, 2.05) is 38.1 Å². The first-order valence-electron chi connectivity index (χ1n) is 9.38. The lowest BCUT2D eigenvalue weighted by atomic mass is 9.95. The summed E-state index contributed by atoms with van der Waals surface area (Å²) < 4.78 is 0. The van der Waals surface area contributed by atoms with Crippen LogP contribution in [0.15, 0.2) is 48.5 Å². The summed E-state index contributed by atoms with van der Waals surface area (Å²) in [6.07, 6.45) is 1.07. The average Bonchev–Trinajstić information content (AvgIpc) is 2.67. The van der Waals surface area contributed by atoms with E-state index in [1.54, 1.807) is 24.3 Å². The van der Waals surface area contributed by atoms with Crippen molar-refractivity contribution in [2.24, 2.45) is 11.7 Å². The molecular formula is C22H27N3O3. The van der Waals surface area contributed by atoms with E-state index in [0.29, 0.717) is 5.69 Å². The second-order valence-corrected chi connectivity index (χ2v) is 7.08. The van der Waals surface area contributed by atoms with Crippen LogP contribution in [-0.2, 0) is 27.2 Å². The number of carbonyl (C=O) groups is 3. The Morgan fingerprint density at radius 1 is 0.893 bits per heavy atom. The molecule has 0 aliphatic carbocycles. The summed E-state index contributed by atoms with van der Waals surface area (Å²) in [6.45, 7) is 6.07. The number of amides is 3. The van der Waals surface area contributed by atoms with E-state index >= 15 is 0 Å². The number of nitrogens with two attached hydrogens (primary N) is 1. The predicted octanol–water partition coefficient (Wildman–Crippen LogP) is 2.73. The molecule has 6 nitrogen and oxygen atoms in total. The summed E-state index contributed by atoms with van der Waals surface area (Å²) in [5.74, 6) is -1.74. The van der Waals surface area contributed by atoms with Gasteiger partial charge in [0.25, 0.3) is 0 Å². The van der Waals surface area contributed by atoms with Gasteiger partial charge in [-0.15, -0.1) is 0 Å². The van der Waals surface area contributed by atoms with Crippen molar-refractivity contribution in [2.75, 3.05) is 5.32 Å². The van der Waals surface area contributed by atoms with Crippen molar-refractivity contribution in [1.29, 1.82) is 0 Å². The summed E-state index contributed by atoms with van der Waals surface area (Å²) in [5.41, 5.74) is 8.55. The van der Waals surface area contributed by atoms with Crippen LogP contribution >= 0.6 is 0 Å². The molecular weight excluding hydrogens is 354 g/mol. The van der Waals surface area contributed by atoms with Crippen molar-refractivity contribution in [3.05, 3.63) is 65.2 Å². The van der Waals surface area contributed by atoms with Gasteiger partial charge in [0, 0.05) is 5.69 Å². The van der Waals surface area contributed by atoms with Crippen LogP contribution in [0.3, 0.4) is 0 Å². The van der Waals surface area contributed by atoms with Crippen LogP contribution in [0, 0.1) is 5.92 Å². The number of carbonyl (C=O) groups excluding carboxylic acids is 3. The number of benzene rings is 2. The normalized spacial score (nSPS) is 11.7. The van der Waals surface area contributed by atoms with Gasteiger partial charge >= 0.3 is 11.8 Å². The minimum Gasteiger partial charge on any atom is -0.369 e. The van der Waals surface area contributed by atoms with Gasteiger partial charge < -0.3 is 16.4 Å². The van der Waals surface area contributed by atoms with Crippen molar-refractivity contribution >= 4 is 23.4 Å². The molecule has 0 bridgehead atoms.